The van der Waals surface area contributed by atoms with E-state index < -0.39 is 5.41 Å². The van der Waals surface area contributed by atoms with E-state index in [1.54, 1.807) is 26.0 Å². The van der Waals surface area contributed by atoms with Gasteiger partial charge in [0.15, 0.2) is 0 Å². The largest absolute Gasteiger partial charge is 0.470 e. The number of amides is 1. The highest BCUT2D eigenvalue weighted by atomic mass is 16.5. The summed E-state index contributed by atoms with van der Waals surface area (Å²) in [7, 11) is 0. The lowest BCUT2D eigenvalue weighted by Gasteiger charge is -2.23. The number of primary amides is 1. The topological polar surface area (TPSA) is 103 Å². The van der Waals surface area contributed by atoms with Crippen LogP contribution in [0.2, 0.25) is 0 Å². The molecular formula is C14H24N4O2. The molecule has 0 fully saturated rings. The van der Waals surface area contributed by atoms with Crippen molar-refractivity contribution in [1.29, 1.82) is 0 Å². The Morgan fingerprint density at radius 1 is 1.30 bits per heavy atom. The molecule has 6 nitrogen and oxygen atoms in total. The first-order valence-corrected chi connectivity index (χ1v) is 6.50. The van der Waals surface area contributed by atoms with Crippen molar-refractivity contribution in [2.75, 3.05) is 17.6 Å². The Morgan fingerprint density at radius 3 is 2.40 bits per heavy atom. The normalized spacial score (nSPS) is 12.1. The Bertz CT molecular complexity index is 492. The van der Waals surface area contributed by atoms with E-state index >= 15 is 0 Å². The van der Waals surface area contributed by atoms with Crippen LogP contribution < -0.4 is 21.5 Å². The predicted octanol–water partition coefficient (Wildman–Crippen LogP) is 1.76. The van der Waals surface area contributed by atoms with Crippen LogP contribution in [0.15, 0.2) is 12.1 Å². The zero-order valence-corrected chi connectivity index (χ0v) is 12.8. The van der Waals surface area contributed by atoms with Crippen LogP contribution in [0.25, 0.3) is 0 Å². The van der Waals surface area contributed by atoms with Crippen LogP contribution in [0.5, 0.6) is 5.88 Å². The van der Waals surface area contributed by atoms with E-state index in [9.17, 15) is 4.79 Å². The van der Waals surface area contributed by atoms with Crippen molar-refractivity contribution >= 4 is 17.4 Å². The third-order valence-electron chi connectivity index (χ3n) is 2.67. The molecule has 0 bridgehead atoms. The molecule has 0 aliphatic rings. The van der Waals surface area contributed by atoms with Gasteiger partial charge < -0.3 is 21.5 Å². The molecule has 0 aliphatic carbocycles. The highest BCUT2D eigenvalue weighted by Gasteiger charge is 2.25. The van der Waals surface area contributed by atoms with Gasteiger partial charge in [0.2, 0.25) is 11.8 Å². The van der Waals surface area contributed by atoms with Crippen LogP contribution in [0.3, 0.4) is 0 Å². The molecule has 1 amide bonds. The second kappa shape index (κ2) is 5.56. The summed E-state index contributed by atoms with van der Waals surface area (Å²) >= 11 is 0. The van der Waals surface area contributed by atoms with E-state index in [0.29, 0.717) is 23.9 Å². The summed E-state index contributed by atoms with van der Waals surface area (Å²) in [5.41, 5.74) is 10.6. The van der Waals surface area contributed by atoms with Gasteiger partial charge in [-0.1, -0.05) is 0 Å². The quantitative estimate of drug-likeness (QED) is 0.762. The van der Waals surface area contributed by atoms with Crippen molar-refractivity contribution < 1.29 is 9.53 Å². The van der Waals surface area contributed by atoms with Crippen LogP contribution >= 0.6 is 0 Å². The minimum atomic E-state index is -0.659. The number of rotatable bonds is 5. The van der Waals surface area contributed by atoms with Gasteiger partial charge in [-0.05, 0) is 46.8 Å². The first-order chi connectivity index (χ1) is 9.01. The molecule has 0 saturated carbocycles. The van der Waals surface area contributed by atoms with Gasteiger partial charge in [0.05, 0.1) is 11.1 Å². The van der Waals surface area contributed by atoms with E-state index in [2.05, 4.69) is 10.3 Å². The molecule has 112 valence electrons. The Morgan fingerprint density at radius 2 is 1.90 bits per heavy atom. The summed E-state index contributed by atoms with van der Waals surface area (Å²) in [6.45, 7) is 9.69. The van der Waals surface area contributed by atoms with Crippen molar-refractivity contribution in [1.82, 2.24) is 4.98 Å². The number of nitrogens with zero attached hydrogens (tertiary/aromatic N) is 1. The maximum absolute atomic E-state index is 11.3. The first-order valence-electron chi connectivity index (χ1n) is 6.50. The number of carbonyl (C=O) groups is 1. The minimum Gasteiger partial charge on any atom is -0.470 e. The van der Waals surface area contributed by atoms with Gasteiger partial charge in [-0.2, -0.15) is 4.98 Å². The molecule has 0 aromatic carbocycles. The standard InChI is InChI=1S/C14H24N4O2/c1-13(2,3)20-11-9(15)6-7-10(18-11)17-8-14(4,5)12(16)19/h6-7H,8,15H2,1-5H3,(H2,16,19)(H,17,18). The molecule has 6 heteroatoms. The number of ether oxygens (including phenoxy) is 1. The molecule has 1 aromatic rings. The fourth-order valence-electron chi connectivity index (χ4n) is 1.32. The summed E-state index contributed by atoms with van der Waals surface area (Å²) in [5.74, 6) is 0.596. The average molecular weight is 280 g/mol. The fourth-order valence-corrected chi connectivity index (χ4v) is 1.32. The van der Waals surface area contributed by atoms with Crippen molar-refractivity contribution in [3.8, 4) is 5.88 Å². The molecule has 0 radical (unpaired) electrons. The van der Waals surface area contributed by atoms with Gasteiger partial charge in [0.1, 0.15) is 11.4 Å². The van der Waals surface area contributed by atoms with Crippen LogP contribution in [0.4, 0.5) is 11.5 Å². The number of carbonyl (C=O) groups excluding carboxylic acids is 1. The van der Waals surface area contributed by atoms with Gasteiger partial charge in [-0.3, -0.25) is 4.79 Å². The fraction of sp³-hybridized carbons (Fsp3) is 0.571. The van der Waals surface area contributed by atoms with E-state index in [1.807, 2.05) is 20.8 Å². The van der Waals surface area contributed by atoms with Crippen molar-refractivity contribution in [3.63, 3.8) is 0 Å². The maximum atomic E-state index is 11.3. The zero-order chi connectivity index (χ0) is 15.6. The number of aromatic nitrogens is 1. The molecule has 0 spiro atoms. The maximum Gasteiger partial charge on any atom is 0.239 e. The average Bonchev–Trinajstić information content (AvgIpc) is 2.28. The third kappa shape index (κ3) is 4.60. The van der Waals surface area contributed by atoms with Gasteiger partial charge in [0, 0.05) is 6.54 Å². The van der Waals surface area contributed by atoms with Gasteiger partial charge >= 0.3 is 0 Å². The lowest BCUT2D eigenvalue weighted by atomic mass is 9.93. The van der Waals surface area contributed by atoms with Gasteiger partial charge in [-0.25, -0.2) is 0 Å². The van der Waals surface area contributed by atoms with Crippen molar-refractivity contribution in [2.24, 2.45) is 11.1 Å². The SMILES string of the molecule is CC(C)(C)Oc1nc(NCC(C)(C)C(N)=O)ccc1N. The van der Waals surface area contributed by atoms with Crippen LogP contribution in [0, 0.1) is 5.41 Å². The number of pyridine rings is 1. The summed E-state index contributed by atoms with van der Waals surface area (Å²) < 4.78 is 5.68. The zero-order valence-electron chi connectivity index (χ0n) is 12.8. The number of anilines is 2. The molecule has 1 heterocycles. The van der Waals surface area contributed by atoms with Gasteiger partial charge in [-0.15, -0.1) is 0 Å². The molecule has 0 atom stereocenters. The van der Waals surface area contributed by atoms with Crippen LogP contribution in [-0.2, 0) is 4.79 Å². The predicted molar refractivity (Wildman–Crippen MR) is 80.5 cm³/mol. The molecular weight excluding hydrogens is 256 g/mol. The number of nitrogens with one attached hydrogen (secondary N) is 1. The van der Waals surface area contributed by atoms with Crippen LogP contribution in [-0.4, -0.2) is 23.0 Å². The Labute approximate surface area is 119 Å². The van der Waals surface area contributed by atoms with Crippen molar-refractivity contribution in [2.45, 2.75) is 40.2 Å². The Hall–Kier alpha value is -1.98. The summed E-state index contributed by atoms with van der Waals surface area (Å²) in [6.07, 6.45) is 0. The lowest BCUT2D eigenvalue weighted by molar-refractivity contribution is -0.125. The molecule has 1 rings (SSSR count). The monoisotopic (exact) mass is 280 g/mol. The van der Waals surface area contributed by atoms with Crippen molar-refractivity contribution in [3.05, 3.63) is 12.1 Å². The lowest BCUT2D eigenvalue weighted by Crippen LogP contribution is -2.37. The Balaban J connectivity index is 2.83. The molecule has 5 N–H and O–H groups in total. The number of nitrogen functional groups attached to an aromatic ring is 1. The second-order valence-electron chi connectivity index (χ2n) is 6.41. The first kappa shape index (κ1) is 16.1. The molecule has 20 heavy (non-hydrogen) atoms. The third-order valence-corrected chi connectivity index (χ3v) is 2.67. The highest BCUT2D eigenvalue weighted by Crippen LogP contribution is 2.25. The highest BCUT2D eigenvalue weighted by molar-refractivity contribution is 5.80. The Kier molecular flexibility index (Phi) is 4.47. The molecule has 0 aliphatic heterocycles. The number of hydrogen-bond donors (Lipinski definition) is 3. The van der Waals surface area contributed by atoms with Gasteiger partial charge in [0.25, 0.3) is 0 Å². The summed E-state index contributed by atoms with van der Waals surface area (Å²) in [6, 6.07) is 3.45. The van der Waals surface area contributed by atoms with E-state index in [0.717, 1.165) is 0 Å². The smallest absolute Gasteiger partial charge is 0.239 e. The molecule has 1 aromatic heterocycles. The molecule has 0 unspecified atom stereocenters. The minimum absolute atomic E-state index is 0.369. The van der Waals surface area contributed by atoms with E-state index in [-0.39, 0.29) is 11.5 Å². The van der Waals surface area contributed by atoms with E-state index in [4.69, 9.17) is 16.2 Å². The van der Waals surface area contributed by atoms with Crippen LogP contribution in [0.1, 0.15) is 34.6 Å². The second-order valence-corrected chi connectivity index (χ2v) is 6.41. The van der Waals surface area contributed by atoms with E-state index in [1.165, 1.54) is 0 Å². The number of hydrogen-bond acceptors (Lipinski definition) is 5. The summed E-state index contributed by atoms with van der Waals surface area (Å²) in [5, 5.41) is 3.07. The number of nitrogens with two attached hydrogens (primary N) is 2. The summed E-state index contributed by atoms with van der Waals surface area (Å²) in [4.78, 5) is 15.6. The molecule has 0 saturated heterocycles.